The Morgan fingerprint density at radius 3 is 2.44 bits per heavy atom. The largest absolute Gasteiger partial charge is 0.416 e. The molecule has 0 aliphatic heterocycles. The lowest BCUT2D eigenvalue weighted by Gasteiger charge is -2.13. The number of carbonyl (C=O) groups excluding carboxylic acids is 1. The van der Waals surface area contributed by atoms with E-state index in [1.54, 1.807) is 0 Å². The Hall–Kier alpha value is -1.34. The summed E-state index contributed by atoms with van der Waals surface area (Å²) in [5, 5.41) is 2.19. The predicted molar refractivity (Wildman–Crippen MR) is 59.6 cm³/mol. The van der Waals surface area contributed by atoms with E-state index in [4.69, 9.17) is 5.73 Å². The Bertz CT molecular complexity index is 423. The third kappa shape index (κ3) is 4.50. The standard InChI is InChI=1S/C10H10F4N2O.ClH/c11-7-2-1-6(5-16-9(17)4-15)8(3-7)10(12,13)14;/h1-3H,4-5,15H2,(H,16,17);1H. The number of hydrogen-bond acceptors (Lipinski definition) is 2. The summed E-state index contributed by atoms with van der Waals surface area (Å²) in [6.45, 7) is -0.659. The first-order valence-corrected chi connectivity index (χ1v) is 4.67. The maximum Gasteiger partial charge on any atom is 0.416 e. The van der Waals surface area contributed by atoms with Crippen molar-refractivity contribution in [3.63, 3.8) is 0 Å². The highest BCUT2D eigenvalue weighted by molar-refractivity contribution is 5.85. The van der Waals surface area contributed by atoms with Crippen molar-refractivity contribution in [2.24, 2.45) is 5.73 Å². The maximum absolute atomic E-state index is 12.7. The zero-order valence-corrected chi connectivity index (χ0v) is 9.87. The second-order valence-corrected chi connectivity index (χ2v) is 3.28. The van der Waals surface area contributed by atoms with E-state index in [-0.39, 0.29) is 31.1 Å². The van der Waals surface area contributed by atoms with Gasteiger partial charge in [0.2, 0.25) is 5.91 Å². The smallest absolute Gasteiger partial charge is 0.351 e. The minimum absolute atomic E-state index is 0. The van der Waals surface area contributed by atoms with Gasteiger partial charge in [0, 0.05) is 6.54 Å². The van der Waals surface area contributed by atoms with E-state index in [2.05, 4.69) is 5.32 Å². The van der Waals surface area contributed by atoms with E-state index in [0.717, 1.165) is 12.1 Å². The molecule has 0 aliphatic rings. The number of carbonyl (C=O) groups is 1. The van der Waals surface area contributed by atoms with Crippen molar-refractivity contribution in [1.82, 2.24) is 5.32 Å². The molecule has 102 valence electrons. The quantitative estimate of drug-likeness (QED) is 0.833. The number of hydrogen-bond donors (Lipinski definition) is 2. The van der Waals surface area contributed by atoms with Gasteiger partial charge in [-0.2, -0.15) is 13.2 Å². The van der Waals surface area contributed by atoms with Gasteiger partial charge in [-0.1, -0.05) is 6.07 Å². The SMILES string of the molecule is Cl.NCC(=O)NCc1ccc(F)cc1C(F)(F)F. The van der Waals surface area contributed by atoms with Crippen LogP contribution in [0.15, 0.2) is 18.2 Å². The van der Waals surface area contributed by atoms with Gasteiger partial charge in [-0.15, -0.1) is 12.4 Å². The Labute approximate surface area is 107 Å². The zero-order chi connectivity index (χ0) is 13.1. The summed E-state index contributed by atoms with van der Waals surface area (Å²) in [6, 6.07) is 2.28. The summed E-state index contributed by atoms with van der Waals surface area (Å²) in [6.07, 6.45) is -4.66. The fourth-order valence-electron chi connectivity index (χ4n) is 1.23. The van der Waals surface area contributed by atoms with Gasteiger partial charge in [-0.05, 0) is 17.7 Å². The molecule has 1 aromatic rings. The number of alkyl halides is 3. The van der Waals surface area contributed by atoms with E-state index >= 15 is 0 Å². The maximum atomic E-state index is 12.7. The first kappa shape index (κ1) is 16.7. The monoisotopic (exact) mass is 286 g/mol. The topological polar surface area (TPSA) is 55.1 Å². The number of halogens is 5. The molecule has 0 heterocycles. The first-order chi connectivity index (χ1) is 7.84. The second-order valence-electron chi connectivity index (χ2n) is 3.28. The van der Waals surface area contributed by atoms with Crippen molar-refractivity contribution in [2.75, 3.05) is 6.54 Å². The van der Waals surface area contributed by atoms with Crippen LogP contribution in [-0.2, 0) is 17.5 Å². The summed E-state index contributed by atoms with van der Waals surface area (Å²) >= 11 is 0. The second kappa shape index (κ2) is 6.55. The lowest BCUT2D eigenvalue weighted by Crippen LogP contribution is -2.30. The van der Waals surface area contributed by atoms with Crippen LogP contribution in [0.3, 0.4) is 0 Å². The van der Waals surface area contributed by atoms with Crippen LogP contribution in [0.1, 0.15) is 11.1 Å². The van der Waals surface area contributed by atoms with Crippen LogP contribution in [0.5, 0.6) is 0 Å². The number of amides is 1. The molecule has 0 aromatic heterocycles. The average Bonchev–Trinajstić information content (AvgIpc) is 2.25. The van der Waals surface area contributed by atoms with Crippen LogP contribution in [0.2, 0.25) is 0 Å². The summed E-state index contributed by atoms with van der Waals surface area (Å²) in [7, 11) is 0. The summed E-state index contributed by atoms with van der Waals surface area (Å²) in [5.74, 6) is -1.56. The molecule has 0 saturated heterocycles. The lowest BCUT2D eigenvalue weighted by molar-refractivity contribution is -0.138. The molecule has 3 N–H and O–H groups in total. The van der Waals surface area contributed by atoms with Crippen LogP contribution < -0.4 is 11.1 Å². The number of benzene rings is 1. The Balaban J connectivity index is 0.00000289. The van der Waals surface area contributed by atoms with Crippen molar-refractivity contribution in [3.05, 3.63) is 35.1 Å². The van der Waals surface area contributed by atoms with Gasteiger partial charge >= 0.3 is 6.18 Å². The molecule has 0 aliphatic carbocycles. The highest BCUT2D eigenvalue weighted by Crippen LogP contribution is 2.32. The Kier molecular flexibility index (Phi) is 6.07. The molecule has 0 spiro atoms. The van der Waals surface area contributed by atoms with Crippen molar-refractivity contribution < 1.29 is 22.4 Å². The molecule has 0 atom stereocenters. The number of nitrogens with one attached hydrogen (secondary N) is 1. The minimum Gasteiger partial charge on any atom is -0.351 e. The van der Waals surface area contributed by atoms with Crippen LogP contribution in [0.25, 0.3) is 0 Å². The van der Waals surface area contributed by atoms with Crippen molar-refractivity contribution in [2.45, 2.75) is 12.7 Å². The summed E-state index contributed by atoms with van der Waals surface area (Å²) in [4.78, 5) is 10.8. The molecule has 0 bridgehead atoms. The molecule has 3 nitrogen and oxygen atoms in total. The molecule has 8 heteroatoms. The zero-order valence-electron chi connectivity index (χ0n) is 9.05. The van der Waals surface area contributed by atoms with E-state index in [0.29, 0.717) is 6.07 Å². The lowest BCUT2D eigenvalue weighted by atomic mass is 10.1. The molecule has 0 unspecified atom stereocenters. The fourth-order valence-corrected chi connectivity index (χ4v) is 1.23. The van der Waals surface area contributed by atoms with E-state index < -0.39 is 23.5 Å². The average molecular weight is 287 g/mol. The summed E-state index contributed by atoms with van der Waals surface area (Å²) in [5.41, 5.74) is 3.68. The van der Waals surface area contributed by atoms with Crippen molar-refractivity contribution in [3.8, 4) is 0 Å². The first-order valence-electron chi connectivity index (χ1n) is 4.67. The molecule has 1 aromatic carbocycles. The van der Waals surface area contributed by atoms with Crippen molar-refractivity contribution in [1.29, 1.82) is 0 Å². The van der Waals surface area contributed by atoms with Crippen LogP contribution in [0, 0.1) is 5.82 Å². The molecule has 0 saturated carbocycles. The third-order valence-corrected chi connectivity index (χ3v) is 2.04. The Morgan fingerprint density at radius 2 is 1.94 bits per heavy atom. The molecular formula is C10H11ClF4N2O. The van der Waals surface area contributed by atoms with Gasteiger partial charge in [-0.25, -0.2) is 4.39 Å². The molecule has 1 rings (SSSR count). The van der Waals surface area contributed by atoms with Gasteiger partial charge in [0.1, 0.15) is 5.82 Å². The van der Waals surface area contributed by atoms with Gasteiger partial charge in [0.25, 0.3) is 0 Å². The minimum atomic E-state index is -4.66. The van der Waals surface area contributed by atoms with E-state index in [9.17, 15) is 22.4 Å². The van der Waals surface area contributed by atoms with Crippen LogP contribution >= 0.6 is 12.4 Å². The van der Waals surface area contributed by atoms with Crippen molar-refractivity contribution >= 4 is 18.3 Å². The number of rotatable bonds is 3. The van der Waals surface area contributed by atoms with Gasteiger partial charge < -0.3 is 11.1 Å². The molecule has 18 heavy (non-hydrogen) atoms. The Morgan fingerprint density at radius 1 is 1.33 bits per heavy atom. The van der Waals surface area contributed by atoms with Crippen LogP contribution in [0.4, 0.5) is 17.6 Å². The predicted octanol–water partition coefficient (Wildman–Crippen LogP) is 1.84. The van der Waals surface area contributed by atoms with E-state index in [1.807, 2.05) is 0 Å². The molecular weight excluding hydrogens is 276 g/mol. The molecule has 1 amide bonds. The van der Waals surface area contributed by atoms with Gasteiger partial charge in [0.05, 0.1) is 12.1 Å². The van der Waals surface area contributed by atoms with Gasteiger partial charge in [0.15, 0.2) is 0 Å². The van der Waals surface area contributed by atoms with E-state index in [1.165, 1.54) is 0 Å². The summed E-state index contributed by atoms with van der Waals surface area (Å²) < 4.78 is 50.3. The molecule has 0 fully saturated rings. The van der Waals surface area contributed by atoms with Crippen LogP contribution in [-0.4, -0.2) is 12.5 Å². The highest BCUT2D eigenvalue weighted by Gasteiger charge is 2.33. The normalized spacial score (nSPS) is 10.7. The fraction of sp³-hybridized carbons (Fsp3) is 0.300. The molecule has 0 radical (unpaired) electrons. The highest BCUT2D eigenvalue weighted by atomic mass is 35.5. The third-order valence-electron chi connectivity index (χ3n) is 2.04. The number of nitrogens with two attached hydrogens (primary N) is 1. The van der Waals surface area contributed by atoms with Gasteiger partial charge in [-0.3, -0.25) is 4.79 Å².